The van der Waals surface area contributed by atoms with Crippen LogP contribution in [0.4, 0.5) is 10.2 Å². The standard InChI is InChI=1S/C10H9ClFN3O/c11-7-3-9(12)10(14-5-7)15-1-2-16-8(4-13)6-15/h3,5,8H,1-2,6H2. The van der Waals surface area contributed by atoms with E-state index in [0.717, 1.165) is 0 Å². The number of nitriles is 1. The first-order valence-corrected chi connectivity index (χ1v) is 5.15. The molecule has 84 valence electrons. The number of ether oxygens (including phenoxy) is 1. The topological polar surface area (TPSA) is 49.2 Å². The van der Waals surface area contributed by atoms with Gasteiger partial charge in [-0.15, -0.1) is 0 Å². The van der Waals surface area contributed by atoms with Crippen molar-refractivity contribution in [3.05, 3.63) is 23.1 Å². The van der Waals surface area contributed by atoms with Crippen molar-refractivity contribution in [2.24, 2.45) is 0 Å². The number of nitrogens with zero attached hydrogens (tertiary/aromatic N) is 3. The molecule has 4 nitrogen and oxygen atoms in total. The number of anilines is 1. The number of halogens is 2. The third-order valence-corrected chi connectivity index (χ3v) is 2.51. The van der Waals surface area contributed by atoms with Crippen LogP contribution in [0.25, 0.3) is 0 Å². The number of hydrogen-bond acceptors (Lipinski definition) is 4. The van der Waals surface area contributed by atoms with Crippen LogP contribution >= 0.6 is 11.6 Å². The van der Waals surface area contributed by atoms with Crippen LogP contribution in [0, 0.1) is 17.1 Å². The lowest BCUT2D eigenvalue weighted by Crippen LogP contribution is -2.42. The fraction of sp³-hybridized carbons (Fsp3) is 0.400. The molecule has 0 spiro atoms. The van der Waals surface area contributed by atoms with E-state index >= 15 is 0 Å². The number of rotatable bonds is 1. The average Bonchev–Trinajstić information content (AvgIpc) is 2.29. The second-order valence-electron chi connectivity index (χ2n) is 3.39. The molecule has 1 aliphatic heterocycles. The average molecular weight is 242 g/mol. The number of hydrogen-bond donors (Lipinski definition) is 0. The lowest BCUT2D eigenvalue weighted by molar-refractivity contribution is 0.0759. The van der Waals surface area contributed by atoms with E-state index < -0.39 is 11.9 Å². The van der Waals surface area contributed by atoms with Gasteiger partial charge in [0.05, 0.1) is 24.2 Å². The first-order chi connectivity index (χ1) is 7.70. The summed E-state index contributed by atoms with van der Waals surface area (Å²) in [6.45, 7) is 1.23. The molecule has 0 radical (unpaired) electrons. The molecule has 0 bridgehead atoms. The molecule has 6 heteroatoms. The summed E-state index contributed by atoms with van der Waals surface area (Å²) in [5.41, 5.74) is 0. The highest BCUT2D eigenvalue weighted by Gasteiger charge is 2.23. The van der Waals surface area contributed by atoms with Crippen LogP contribution in [0.15, 0.2) is 12.3 Å². The lowest BCUT2D eigenvalue weighted by atomic mass is 10.3. The summed E-state index contributed by atoms with van der Waals surface area (Å²) < 4.78 is 18.7. The van der Waals surface area contributed by atoms with Crippen LogP contribution in [0.3, 0.4) is 0 Å². The molecule has 1 saturated heterocycles. The van der Waals surface area contributed by atoms with E-state index in [1.54, 1.807) is 4.90 Å². The lowest BCUT2D eigenvalue weighted by Gasteiger charge is -2.30. The molecule has 0 saturated carbocycles. The Balaban J connectivity index is 2.20. The van der Waals surface area contributed by atoms with Crippen molar-refractivity contribution in [1.29, 1.82) is 5.26 Å². The van der Waals surface area contributed by atoms with Gasteiger partial charge >= 0.3 is 0 Å². The van der Waals surface area contributed by atoms with Gasteiger partial charge in [0.25, 0.3) is 0 Å². The number of pyridine rings is 1. The van der Waals surface area contributed by atoms with Crippen molar-refractivity contribution in [2.45, 2.75) is 6.10 Å². The maximum atomic E-state index is 13.6. The Labute approximate surface area is 97.2 Å². The molecule has 2 rings (SSSR count). The Hall–Kier alpha value is -1.38. The fourth-order valence-electron chi connectivity index (χ4n) is 1.56. The molecule has 1 atom stereocenters. The van der Waals surface area contributed by atoms with E-state index in [0.29, 0.717) is 19.7 Å². The second-order valence-corrected chi connectivity index (χ2v) is 3.83. The van der Waals surface area contributed by atoms with E-state index in [1.807, 2.05) is 6.07 Å². The minimum absolute atomic E-state index is 0.216. The molecule has 1 fully saturated rings. The Morgan fingerprint density at radius 3 is 3.19 bits per heavy atom. The Morgan fingerprint density at radius 1 is 1.69 bits per heavy atom. The van der Waals surface area contributed by atoms with Crippen LogP contribution < -0.4 is 4.90 Å². The Kier molecular flexibility index (Phi) is 3.22. The van der Waals surface area contributed by atoms with Crippen molar-refractivity contribution in [1.82, 2.24) is 4.98 Å². The largest absolute Gasteiger partial charge is 0.360 e. The van der Waals surface area contributed by atoms with E-state index in [2.05, 4.69) is 4.98 Å². The molecule has 1 aromatic rings. The predicted molar refractivity (Wildman–Crippen MR) is 56.8 cm³/mol. The minimum Gasteiger partial charge on any atom is -0.360 e. The zero-order valence-electron chi connectivity index (χ0n) is 8.36. The summed E-state index contributed by atoms with van der Waals surface area (Å²) in [5.74, 6) is -0.265. The maximum absolute atomic E-state index is 13.6. The molecular weight excluding hydrogens is 233 g/mol. The second kappa shape index (κ2) is 4.64. The molecule has 1 aromatic heterocycles. The van der Waals surface area contributed by atoms with Crippen LogP contribution in [0.1, 0.15) is 0 Å². The molecule has 0 N–H and O–H groups in total. The normalized spacial score (nSPS) is 20.6. The molecule has 0 aliphatic carbocycles. The Morgan fingerprint density at radius 2 is 2.50 bits per heavy atom. The number of aromatic nitrogens is 1. The van der Waals surface area contributed by atoms with E-state index in [9.17, 15) is 4.39 Å². The van der Waals surface area contributed by atoms with Gasteiger partial charge in [-0.1, -0.05) is 11.6 Å². The maximum Gasteiger partial charge on any atom is 0.167 e. The zero-order valence-corrected chi connectivity index (χ0v) is 9.12. The summed E-state index contributed by atoms with van der Waals surface area (Å²) in [6, 6.07) is 3.20. The van der Waals surface area contributed by atoms with E-state index in [4.69, 9.17) is 21.6 Å². The summed E-state index contributed by atoms with van der Waals surface area (Å²) >= 11 is 5.61. The highest BCUT2D eigenvalue weighted by Crippen LogP contribution is 2.21. The van der Waals surface area contributed by atoms with Gasteiger partial charge in [-0.05, 0) is 6.07 Å². The SMILES string of the molecule is N#CC1CN(c2ncc(Cl)cc2F)CCO1. The van der Waals surface area contributed by atoms with Gasteiger partial charge in [-0.25, -0.2) is 9.37 Å². The van der Waals surface area contributed by atoms with Crippen LogP contribution in [-0.4, -0.2) is 30.8 Å². The third kappa shape index (κ3) is 2.23. The van der Waals surface area contributed by atoms with E-state index in [-0.39, 0.29) is 10.8 Å². The van der Waals surface area contributed by atoms with Gasteiger partial charge in [0.1, 0.15) is 0 Å². The van der Waals surface area contributed by atoms with Gasteiger partial charge in [-0.2, -0.15) is 5.26 Å². The van der Waals surface area contributed by atoms with Crippen molar-refractivity contribution in [3.8, 4) is 6.07 Å². The van der Waals surface area contributed by atoms with Gasteiger partial charge < -0.3 is 9.64 Å². The van der Waals surface area contributed by atoms with Gasteiger partial charge in [0, 0.05) is 12.7 Å². The molecular formula is C10H9ClFN3O. The first kappa shape index (κ1) is 11.1. The zero-order chi connectivity index (χ0) is 11.5. The molecule has 2 heterocycles. The van der Waals surface area contributed by atoms with Crippen molar-refractivity contribution in [3.63, 3.8) is 0 Å². The van der Waals surface area contributed by atoms with Gasteiger partial charge in [0.15, 0.2) is 17.7 Å². The molecule has 0 aromatic carbocycles. The van der Waals surface area contributed by atoms with E-state index in [1.165, 1.54) is 12.3 Å². The predicted octanol–water partition coefficient (Wildman–Crippen LogP) is 1.60. The van der Waals surface area contributed by atoms with Crippen molar-refractivity contribution >= 4 is 17.4 Å². The van der Waals surface area contributed by atoms with Crippen LogP contribution in [0.2, 0.25) is 5.02 Å². The van der Waals surface area contributed by atoms with Gasteiger partial charge in [0.2, 0.25) is 0 Å². The summed E-state index contributed by atoms with van der Waals surface area (Å²) in [7, 11) is 0. The highest BCUT2D eigenvalue weighted by molar-refractivity contribution is 6.30. The van der Waals surface area contributed by atoms with Crippen LogP contribution in [-0.2, 0) is 4.74 Å². The quantitative estimate of drug-likeness (QED) is 0.750. The molecule has 0 amide bonds. The highest BCUT2D eigenvalue weighted by atomic mass is 35.5. The summed E-state index contributed by atoms with van der Waals surface area (Å²) in [5, 5.41) is 8.99. The van der Waals surface area contributed by atoms with Gasteiger partial charge in [-0.3, -0.25) is 0 Å². The number of morpholine rings is 1. The third-order valence-electron chi connectivity index (χ3n) is 2.30. The van der Waals surface area contributed by atoms with Crippen molar-refractivity contribution < 1.29 is 9.13 Å². The van der Waals surface area contributed by atoms with Crippen LogP contribution in [0.5, 0.6) is 0 Å². The molecule has 1 aliphatic rings. The van der Waals surface area contributed by atoms with Crippen molar-refractivity contribution in [2.75, 3.05) is 24.6 Å². The monoisotopic (exact) mass is 241 g/mol. The summed E-state index contributed by atoms with van der Waals surface area (Å²) in [4.78, 5) is 5.61. The minimum atomic E-state index is -0.536. The summed E-state index contributed by atoms with van der Waals surface area (Å²) in [6.07, 6.45) is 0.849. The Bertz CT molecular complexity index is 435. The molecule has 16 heavy (non-hydrogen) atoms. The smallest absolute Gasteiger partial charge is 0.167 e. The fourth-order valence-corrected chi connectivity index (χ4v) is 1.70. The first-order valence-electron chi connectivity index (χ1n) is 4.78. The molecule has 1 unspecified atom stereocenters.